The van der Waals surface area contributed by atoms with Gasteiger partial charge in [0.25, 0.3) is 0 Å². The third-order valence-electron chi connectivity index (χ3n) is 1.34. The van der Waals surface area contributed by atoms with E-state index in [0.29, 0.717) is 17.1 Å². The van der Waals surface area contributed by atoms with Gasteiger partial charge in [0, 0.05) is 5.69 Å². The Bertz CT molecular complexity index is 310. The molecular formula is C7H10N4O. The highest BCUT2D eigenvalue weighted by Gasteiger charge is 2.00. The number of carbonyl (C=O) groups is 1. The van der Waals surface area contributed by atoms with E-state index in [2.05, 4.69) is 5.32 Å². The van der Waals surface area contributed by atoms with Gasteiger partial charge < -0.3 is 22.5 Å². The van der Waals surface area contributed by atoms with Gasteiger partial charge in [-0.15, -0.1) is 0 Å². The summed E-state index contributed by atoms with van der Waals surface area (Å²) in [4.78, 5) is 10.4. The van der Waals surface area contributed by atoms with E-state index in [9.17, 15) is 4.79 Å². The maximum absolute atomic E-state index is 10.4. The highest BCUT2D eigenvalue weighted by Crippen LogP contribution is 2.20. The molecule has 0 bridgehead atoms. The van der Waals surface area contributed by atoms with Gasteiger partial charge >= 0.3 is 6.03 Å². The fraction of sp³-hybridized carbons (Fsp3) is 0. The van der Waals surface area contributed by atoms with Crippen LogP contribution in [0, 0.1) is 0 Å². The van der Waals surface area contributed by atoms with Crippen LogP contribution in [0.5, 0.6) is 0 Å². The maximum Gasteiger partial charge on any atom is 0.316 e. The van der Waals surface area contributed by atoms with Crippen LogP contribution in [-0.4, -0.2) is 6.03 Å². The average molecular weight is 166 g/mol. The lowest BCUT2D eigenvalue weighted by Crippen LogP contribution is -2.20. The fourth-order valence-electron chi connectivity index (χ4n) is 0.815. The Morgan fingerprint density at radius 2 is 2.00 bits per heavy atom. The summed E-state index contributed by atoms with van der Waals surface area (Å²) in [5, 5.41) is 2.35. The first-order valence-corrected chi connectivity index (χ1v) is 3.31. The zero-order chi connectivity index (χ0) is 9.14. The second-order valence-electron chi connectivity index (χ2n) is 2.34. The number of rotatable bonds is 1. The number of nitrogens with one attached hydrogen (secondary N) is 1. The Labute approximate surface area is 69.5 Å². The lowest BCUT2D eigenvalue weighted by atomic mass is 10.2. The normalized spacial score (nSPS) is 9.33. The van der Waals surface area contributed by atoms with E-state index < -0.39 is 6.03 Å². The van der Waals surface area contributed by atoms with E-state index in [1.165, 1.54) is 0 Å². The molecule has 1 aromatic rings. The Kier molecular flexibility index (Phi) is 2.05. The van der Waals surface area contributed by atoms with Crippen LogP contribution in [-0.2, 0) is 0 Å². The number of nitrogen functional groups attached to an aromatic ring is 2. The minimum atomic E-state index is -0.660. The molecule has 2 amide bonds. The fourth-order valence-corrected chi connectivity index (χ4v) is 0.815. The second kappa shape index (κ2) is 3.00. The lowest BCUT2D eigenvalue weighted by Gasteiger charge is -2.05. The summed E-state index contributed by atoms with van der Waals surface area (Å²) in [5.74, 6) is 0. The topological polar surface area (TPSA) is 107 Å². The van der Waals surface area contributed by atoms with Crippen molar-refractivity contribution in [3.8, 4) is 0 Å². The Hall–Kier alpha value is -1.91. The Morgan fingerprint density at radius 1 is 1.33 bits per heavy atom. The van der Waals surface area contributed by atoms with Crippen LogP contribution in [0.4, 0.5) is 21.9 Å². The smallest absolute Gasteiger partial charge is 0.316 e. The first-order valence-electron chi connectivity index (χ1n) is 3.31. The van der Waals surface area contributed by atoms with Gasteiger partial charge in [-0.1, -0.05) is 0 Å². The zero-order valence-electron chi connectivity index (χ0n) is 6.37. The van der Waals surface area contributed by atoms with Crippen LogP contribution >= 0.6 is 0 Å². The molecule has 0 radical (unpaired) electrons. The van der Waals surface area contributed by atoms with E-state index in [-0.39, 0.29) is 0 Å². The van der Waals surface area contributed by atoms with Crippen molar-refractivity contribution in [3.05, 3.63) is 18.2 Å². The molecule has 5 nitrogen and oxygen atoms in total. The van der Waals surface area contributed by atoms with E-state index >= 15 is 0 Å². The molecule has 1 aromatic carbocycles. The van der Waals surface area contributed by atoms with Crippen LogP contribution in [0.2, 0.25) is 0 Å². The van der Waals surface area contributed by atoms with Crippen molar-refractivity contribution >= 4 is 23.1 Å². The number of amides is 2. The molecule has 0 aliphatic carbocycles. The molecule has 0 atom stereocenters. The number of primary amides is 1. The van der Waals surface area contributed by atoms with Gasteiger partial charge in [0.2, 0.25) is 0 Å². The molecule has 1 rings (SSSR count). The van der Waals surface area contributed by atoms with Crippen LogP contribution < -0.4 is 22.5 Å². The highest BCUT2D eigenvalue weighted by atomic mass is 16.2. The van der Waals surface area contributed by atoms with Gasteiger partial charge in [0.05, 0.1) is 11.4 Å². The molecule has 0 aliphatic heterocycles. The highest BCUT2D eigenvalue weighted by molar-refractivity contribution is 5.92. The summed E-state index contributed by atoms with van der Waals surface area (Å²) in [6, 6.07) is 4.12. The van der Waals surface area contributed by atoms with Crippen molar-refractivity contribution < 1.29 is 4.79 Å². The lowest BCUT2D eigenvalue weighted by molar-refractivity contribution is 0.259. The predicted octanol–water partition coefficient (Wildman–Crippen LogP) is 0.342. The number of hydrogen-bond donors (Lipinski definition) is 4. The minimum absolute atomic E-state index is 0.433. The first kappa shape index (κ1) is 8.19. The number of carbonyl (C=O) groups excluding carboxylic acids is 1. The number of urea groups is 1. The molecule has 0 unspecified atom stereocenters. The largest absolute Gasteiger partial charge is 0.399 e. The molecule has 7 N–H and O–H groups in total. The van der Waals surface area contributed by atoms with Crippen molar-refractivity contribution in [2.75, 3.05) is 16.8 Å². The summed E-state index contributed by atoms with van der Waals surface area (Å²) in [7, 11) is 0. The van der Waals surface area contributed by atoms with Gasteiger partial charge in [-0.3, -0.25) is 0 Å². The van der Waals surface area contributed by atoms with Crippen molar-refractivity contribution in [1.82, 2.24) is 0 Å². The van der Waals surface area contributed by atoms with Gasteiger partial charge in [-0.25, -0.2) is 4.79 Å². The van der Waals surface area contributed by atoms with Crippen LogP contribution in [0.25, 0.3) is 0 Å². The number of anilines is 3. The standard InChI is InChI=1S/C7H10N4O/c8-4-1-2-5(9)6(3-4)11-7(10)12/h1-3H,8-9H2,(H3,10,11,12). The third kappa shape index (κ3) is 1.79. The molecule has 0 aromatic heterocycles. The molecule has 0 heterocycles. The summed E-state index contributed by atoms with van der Waals surface area (Å²) in [6.45, 7) is 0. The quantitative estimate of drug-likeness (QED) is 0.452. The number of hydrogen-bond acceptors (Lipinski definition) is 3. The molecular weight excluding hydrogens is 156 g/mol. The summed E-state index contributed by atoms with van der Waals surface area (Å²) < 4.78 is 0. The Morgan fingerprint density at radius 3 is 2.58 bits per heavy atom. The molecule has 0 aliphatic rings. The van der Waals surface area contributed by atoms with Crippen LogP contribution in [0.3, 0.4) is 0 Å². The summed E-state index contributed by atoms with van der Waals surface area (Å²) in [6.07, 6.45) is 0. The van der Waals surface area contributed by atoms with Crippen LogP contribution in [0.1, 0.15) is 0 Å². The minimum Gasteiger partial charge on any atom is -0.399 e. The van der Waals surface area contributed by atoms with Crippen molar-refractivity contribution in [2.45, 2.75) is 0 Å². The molecule has 0 spiro atoms. The molecule has 12 heavy (non-hydrogen) atoms. The van der Waals surface area contributed by atoms with E-state index in [0.717, 1.165) is 0 Å². The van der Waals surface area contributed by atoms with Gasteiger partial charge in [0.1, 0.15) is 0 Å². The third-order valence-corrected chi connectivity index (χ3v) is 1.34. The summed E-state index contributed by atoms with van der Waals surface area (Å²) in [5.41, 5.74) is 17.3. The zero-order valence-corrected chi connectivity index (χ0v) is 6.37. The average Bonchev–Trinajstić information content (AvgIpc) is 1.96. The Balaban J connectivity index is 2.97. The molecule has 0 saturated heterocycles. The SMILES string of the molecule is NC(=O)Nc1cc(N)ccc1N. The maximum atomic E-state index is 10.4. The molecule has 64 valence electrons. The van der Waals surface area contributed by atoms with Gasteiger partial charge in [0.15, 0.2) is 0 Å². The molecule has 0 fully saturated rings. The molecule has 0 saturated carbocycles. The van der Waals surface area contributed by atoms with Gasteiger partial charge in [-0.05, 0) is 18.2 Å². The summed E-state index contributed by atoms with van der Waals surface area (Å²) >= 11 is 0. The monoisotopic (exact) mass is 166 g/mol. The van der Waals surface area contributed by atoms with Crippen LogP contribution in [0.15, 0.2) is 18.2 Å². The van der Waals surface area contributed by atoms with E-state index in [1.807, 2.05) is 0 Å². The van der Waals surface area contributed by atoms with Crippen molar-refractivity contribution in [1.29, 1.82) is 0 Å². The predicted molar refractivity (Wildman–Crippen MR) is 48.5 cm³/mol. The van der Waals surface area contributed by atoms with E-state index in [1.54, 1.807) is 18.2 Å². The number of nitrogens with two attached hydrogens (primary N) is 3. The number of benzene rings is 1. The first-order chi connectivity index (χ1) is 5.59. The molecule has 5 heteroatoms. The van der Waals surface area contributed by atoms with Crippen molar-refractivity contribution in [3.63, 3.8) is 0 Å². The van der Waals surface area contributed by atoms with Gasteiger partial charge in [-0.2, -0.15) is 0 Å². The van der Waals surface area contributed by atoms with Crippen molar-refractivity contribution in [2.24, 2.45) is 5.73 Å². The second-order valence-corrected chi connectivity index (χ2v) is 2.34. The van der Waals surface area contributed by atoms with E-state index in [4.69, 9.17) is 17.2 Å².